The van der Waals surface area contributed by atoms with Gasteiger partial charge in [0, 0.05) is 56.2 Å². The molecular weight excluding hydrogens is 798 g/mol. The zero-order chi connectivity index (χ0) is 33.1. The van der Waals surface area contributed by atoms with Gasteiger partial charge >= 0.3 is 0 Å². The normalized spacial score (nSPS) is 12.8. The molecule has 9 rings (SSSR count). The van der Waals surface area contributed by atoms with Gasteiger partial charge in [-0.1, -0.05) is 80.5 Å². The van der Waals surface area contributed by atoms with Gasteiger partial charge in [0.25, 0.3) is 0 Å². The van der Waals surface area contributed by atoms with Crippen LogP contribution in [0.15, 0.2) is 134 Å². The molecule has 6 nitrogen and oxygen atoms in total. The maximum atomic E-state index is 6.48. The Morgan fingerprint density at radius 3 is 2.36 bits per heavy atom. The first-order valence-corrected chi connectivity index (χ1v) is 16.4. The fraction of sp³-hybridized carbons (Fsp3) is 0.0930. The second-order valence-corrected chi connectivity index (χ2v) is 13.3. The van der Waals surface area contributed by atoms with Gasteiger partial charge < -0.3 is 19.1 Å². The SMILES string of the molecule is CC(C)(C)c1ccnc(-n2c3[c-]c(Oc4[c-]c(N5[CH-]N(c6ccc7ccccc7c6)c6cccnc65)ccc4)ccc3c3ccccc32)c1.[Pt]. The number of pyridine rings is 2. The van der Waals surface area contributed by atoms with Crippen molar-refractivity contribution in [2.45, 2.75) is 26.2 Å². The van der Waals surface area contributed by atoms with E-state index < -0.39 is 0 Å². The number of ether oxygens (including phenoxy) is 1. The molecule has 3 aromatic heterocycles. The number of fused-ring (bicyclic) bond motifs is 5. The van der Waals surface area contributed by atoms with Gasteiger partial charge in [0.05, 0.1) is 5.69 Å². The molecule has 0 bridgehead atoms. The number of nitrogens with zero attached hydrogens (tertiary/aromatic N) is 5. The summed E-state index contributed by atoms with van der Waals surface area (Å²) in [7, 11) is 0. The Kier molecular flexibility index (Phi) is 7.92. The summed E-state index contributed by atoms with van der Waals surface area (Å²) in [6.07, 6.45) is 3.71. The summed E-state index contributed by atoms with van der Waals surface area (Å²) in [5, 5.41) is 4.62. The summed E-state index contributed by atoms with van der Waals surface area (Å²) in [5.74, 6) is 2.86. The first-order valence-electron chi connectivity index (χ1n) is 16.4. The number of rotatable bonds is 5. The summed E-state index contributed by atoms with van der Waals surface area (Å²) in [4.78, 5) is 13.8. The van der Waals surface area contributed by atoms with E-state index in [1.165, 1.54) is 16.3 Å². The van der Waals surface area contributed by atoms with Crippen LogP contribution >= 0.6 is 0 Å². The average Bonchev–Trinajstić information content (AvgIpc) is 3.67. The molecule has 0 saturated heterocycles. The molecule has 0 N–H and O–H groups in total. The van der Waals surface area contributed by atoms with E-state index >= 15 is 0 Å². The predicted octanol–water partition coefficient (Wildman–Crippen LogP) is 10.8. The number of anilines is 4. The quantitative estimate of drug-likeness (QED) is 0.162. The molecular formula is C43H32N5OPt-3. The molecule has 0 aliphatic carbocycles. The molecule has 1 aliphatic heterocycles. The van der Waals surface area contributed by atoms with Gasteiger partial charge in [-0.15, -0.1) is 42.4 Å². The van der Waals surface area contributed by atoms with Crippen LogP contribution in [0.2, 0.25) is 0 Å². The smallest absolute Gasteiger partial charge is 0.135 e. The third kappa shape index (κ3) is 5.50. The Balaban J connectivity index is 0.00000361. The summed E-state index contributed by atoms with van der Waals surface area (Å²) in [5.41, 5.74) is 6.06. The minimum Gasteiger partial charge on any atom is -0.509 e. The van der Waals surface area contributed by atoms with E-state index in [0.29, 0.717) is 11.5 Å². The van der Waals surface area contributed by atoms with Crippen molar-refractivity contribution < 1.29 is 25.8 Å². The van der Waals surface area contributed by atoms with Crippen LogP contribution in [0.1, 0.15) is 26.3 Å². The van der Waals surface area contributed by atoms with Crippen molar-refractivity contribution in [2.24, 2.45) is 0 Å². The number of para-hydroxylation sites is 1. The van der Waals surface area contributed by atoms with Crippen molar-refractivity contribution in [1.29, 1.82) is 0 Å². The molecule has 0 fully saturated rings. The predicted molar refractivity (Wildman–Crippen MR) is 198 cm³/mol. The Morgan fingerprint density at radius 1 is 0.660 bits per heavy atom. The number of hydrogen-bond acceptors (Lipinski definition) is 5. The van der Waals surface area contributed by atoms with E-state index in [9.17, 15) is 0 Å². The molecule has 7 heteroatoms. The summed E-state index contributed by atoms with van der Waals surface area (Å²) in [6.45, 7) is 8.72. The number of aromatic nitrogens is 3. The van der Waals surface area contributed by atoms with Crippen molar-refractivity contribution in [3.8, 4) is 17.3 Å². The van der Waals surface area contributed by atoms with E-state index in [1.807, 2.05) is 42.7 Å². The van der Waals surface area contributed by atoms with Crippen LogP contribution in [0.25, 0.3) is 38.4 Å². The fourth-order valence-electron chi connectivity index (χ4n) is 6.64. The van der Waals surface area contributed by atoms with Gasteiger partial charge in [-0.05, 0) is 69.6 Å². The van der Waals surface area contributed by atoms with Crippen LogP contribution in [-0.2, 0) is 26.5 Å². The van der Waals surface area contributed by atoms with Crippen LogP contribution in [0, 0.1) is 18.8 Å². The molecule has 0 atom stereocenters. The molecule has 0 saturated carbocycles. The van der Waals surface area contributed by atoms with Gasteiger partial charge in [0.2, 0.25) is 0 Å². The van der Waals surface area contributed by atoms with Crippen molar-refractivity contribution in [2.75, 3.05) is 9.80 Å². The second kappa shape index (κ2) is 12.5. The summed E-state index contributed by atoms with van der Waals surface area (Å²) < 4.78 is 8.66. The molecule has 5 aromatic carbocycles. The molecule has 0 spiro atoms. The summed E-state index contributed by atoms with van der Waals surface area (Å²) in [6, 6.07) is 48.7. The van der Waals surface area contributed by atoms with Crippen LogP contribution in [0.3, 0.4) is 0 Å². The molecule has 0 radical (unpaired) electrons. The van der Waals surface area contributed by atoms with Gasteiger partial charge in [-0.25, -0.2) is 9.97 Å². The first-order chi connectivity index (χ1) is 23.9. The number of hydrogen-bond donors (Lipinski definition) is 0. The molecule has 248 valence electrons. The molecule has 4 heterocycles. The third-order valence-electron chi connectivity index (χ3n) is 9.13. The maximum absolute atomic E-state index is 6.48. The molecule has 0 unspecified atom stereocenters. The van der Waals surface area contributed by atoms with Crippen LogP contribution in [-0.4, -0.2) is 14.5 Å². The molecule has 50 heavy (non-hydrogen) atoms. The fourth-order valence-corrected chi connectivity index (χ4v) is 6.64. The second-order valence-electron chi connectivity index (χ2n) is 13.3. The molecule has 8 aromatic rings. The van der Waals surface area contributed by atoms with Crippen molar-refractivity contribution >= 4 is 55.5 Å². The molecule has 0 amide bonds. The van der Waals surface area contributed by atoms with Gasteiger partial charge in [0.1, 0.15) is 11.6 Å². The maximum Gasteiger partial charge on any atom is 0.135 e. The van der Waals surface area contributed by atoms with E-state index in [1.54, 1.807) is 0 Å². The van der Waals surface area contributed by atoms with Gasteiger partial charge in [-0.3, -0.25) is 0 Å². The van der Waals surface area contributed by atoms with Crippen molar-refractivity contribution in [3.05, 3.63) is 158 Å². The topological polar surface area (TPSA) is 46.4 Å². The Bertz CT molecular complexity index is 2530. The first kappa shape index (κ1) is 31.8. The minimum atomic E-state index is -0.00933. The zero-order valence-corrected chi connectivity index (χ0v) is 30.0. The largest absolute Gasteiger partial charge is 0.509 e. The third-order valence-corrected chi connectivity index (χ3v) is 9.13. The Hall–Kier alpha value is -5.45. The average molecular weight is 830 g/mol. The zero-order valence-electron chi connectivity index (χ0n) is 27.7. The monoisotopic (exact) mass is 829 g/mol. The van der Waals surface area contributed by atoms with Crippen molar-refractivity contribution in [1.82, 2.24) is 14.5 Å². The van der Waals surface area contributed by atoms with E-state index in [0.717, 1.165) is 50.5 Å². The van der Waals surface area contributed by atoms with E-state index in [4.69, 9.17) is 14.7 Å². The van der Waals surface area contributed by atoms with Gasteiger partial charge in [-0.2, -0.15) is 12.1 Å². The number of benzene rings is 5. The van der Waals surface area contributed by atoms with Crippen LogP contribution in [0.4, 0.5) is 22.9 Å². The summed E-state index contributed by atoms with van der Waals surface area (Å²) >= 11 is 0. The van der Waals surface area contributed by atoms with Crippen molar-refractivity contribution in [3.63, 3.8) is 0 Å². The Morgan fingerprint density at radius 2 is 1.48 bits per heavy atom. The molecule has 1 aliphatic rings. The van der Waals surface area contributed by atoms with Crippen LogP contribution in [0.5, 0.6) is 11.5 Å². The van der Waals surface area contributed by atoms with Crippen LogP contribution < -0.4 is 14.5 Å². The standard InChI is InChI=1S/C43H32N5O.Pt/c1-43(2,3)31-21-23-44-41(25-31)48-38-15-7-6-14-36(38)37-20-19-35(27-40(37)48)49-34-13-8-12-32(26-34)47-28-46(39-16-9-22-45-42(39)47)33-18-17-29-10-4-5-11-30(29)24-33;/h4-25,28H,1-3H3;/q-3;. The van der Waals surface area contributed by atoms with Gasteiger partial charge in [0.15, 0.2) is 0 Å². The van der Waals surface area contributed by atoms with E-state index in [-0.39, 0.29) is 26.5 Å². The Labute approximate surface area is 305 Å². The van der Waals surface area contributed by atoms with E-state index in [2.05, 4.69) is 145 Å². The minimum absolute atomic E-state index is 0.